The van der Waals surface area contributed by atoms with E-state index >= 15 is 0 Å². The van der Waals surface area contributed by atoms with Gasteiger partial charge in [0, 0.05) is 13.1 Å². The molecule has 0 aromatic heterocycles. The van der Waals surface area contributed by atoms with Crippen LogP contribution in [-0.2, 0) is 0 Å². The summed E-state index contributed by atoms with van der Waals surface area (Å²) < 4.78 is 0. The van der Waals surface area contributed by atoms with Crippen LogP contribution in [0, 0.1) is 0 Å². The number of hydrogen-bond donors (Lipinski definition) is 2. The molecule has 2 rings (SSSR count). The second-order valence-corrected chi connectivity index (χ2v) is 4.89. The van der Waals surface area contributed by atoms with E-state index in [1.165, 1.54) is 12.8 Å². The third-order valence-corrected chi connectivity index (χ3v) is 3.33. The molecule has 17 heavy (non-hydrogen) atoms. The van der Waals surface area contributed by atoms with Gasteiger partial charge in [0.15, 0.2) is 0 Å². The van der Waals surface area contributed by atoms with Gasteiger partial charge < -0.3 is 4.90 Å². The summed E-state index contributed by atoms with van der Waals surface area (Å²) in [5.74, 6) is 0.376. The predicted octanol–water partition coefficient (Wildman–Crippen LogP) is 3.00. The van der Waals surface area contributed by atoms with Crippen molar-refractivity contribution in [2.24, 2.45) is 0 Å². The van der Waals surface area contributed by atoms with E-state index in [2.05, 4.69) is 24.8 Å². The highest BCUT2D eigenvalue weighted by atomic mass is 16.8. The van der Waals surface area contributed by atoms with Crippen molar-refractivity contribution in [3.63, 3.8) is 0 Å². The van der Waals surface area contributed by atoms with E-state index in [0.29, 0.717) is 11.6 Å². The summed E-state index contributed by atoms with van der Waals surface area (Å²) in [5, 5.41) is 18.9. The fraction of sp³-hybridized carbons (Fsp3) is 0.538. The Labute approximate surface area is 102 Å². The minimum atomic E-state index is 0.236. The third-order valence-electron chi connectivity index (χ3n) is 3.33. The largest absolute Gasteiger partial charge is 0.370 e. The van der Waals surface area contributed by atoms with Gasteiger partial charge in [-0.2, -0.15) is 0 Å². The first-order chi connectivity index (χ1) is 8.09. The first-order valence-electron chi connectivity index (χ1n) is 6.16. The molecule has 0 amide bonds. The summed E-state index contributed by atoms with van der Waals surface area (Å²) >= 11 is 0. The predicted molar refractivity (Wildman–Crippen MR) is 68.0 cm³/mol. The Kier molecular flexibility index (Phi) is 3.54. The number of nitrogens with zero attached hydrogens (tertiary/aromatic N) is 2. The van der Waals surface area contributed by atoms with Gasteiger partial charge in [0.2, 0.25) is 0 Å². The molecule has 1 aliphatic heterocycles. The lowest BCUT2D eigenvalue weighted by Crippen LogP contribution is -2.22. The van der Waals surface area contributed by atoms with E-state index < -0.39 is 0 Å². The van der Waals surface area contributed by atoms with Crippen molar-refractivity contribution >= 4 is 11.4 Å². The summed E-state index contributed by atoms with van der Waals surface area (Å²) in [4.78, 5) is 2.19. The Hall–Kier alpha value is -1.26. The van der Waals surface area contributed by atoms with E-state index in [4.69, 9.17) is 0 Å². The maximum absolute atomic E-state index is 9.33. The maximum Gasteiger partial charge on any atom is 0.118 e. The molecule has 1 aliphatic rings. The van der Waals surface area contributed by atoms with Crippen molar-refractivity contribution in [2.45, 2.75) is 32.6 Å². The zero-order valence-corrected chi connectivity index (χ0v) is 10.4. The normalized spacial score (nSPS) is 15.7. The van der Waals surface area contributed by atoms with E-state index in [1.54, 1.807) is 0 Å². The van der Waals surface area contributed by atoms with Crippen molar-refractivity contribution in [1.29, 1.82) is 0 Å². The van der Waals surface area contributed by atoms with Crippen LogP contribution in [-0.4, -0.2) is 23.5 Å². The molecule has 0 atom stereocenters. The highest BCUT2D eigenvalue weighted by molar-refractivity contribution is 5.70. The molecule has 1 fully saturated rings. The first-order valence-corrected chi connectivity index (χ1v) is 6.16. The average molecular weight is 236 g/mol. The lowest BCUT2D eigenvalue weighted by Gasteiger charge is -2.24. The second kappa shape index (κ2) is 4.94. The van der Waals surface area contributed by atoms with Crippen molar-refractivity contribution < 1.29 is 10.4 Å². The Morgan fingerprint density at radius 1 is 1.18 bits per heavy atom. The van der Waals surface area contributed by atoms with Crippen LogP contribution >= 0.6 is 0 Å². The first kappa shape index (κ1) is 12.2. The molecule has 1 saturated heterocycles. The molecule has 0 spiro atoms. The molecule has 2 N–H and O–H groups in total. The molecule has 1 aromatic carbocycles. The topological polar surface area (TPSA) is 46.9 Å². The maximum atomic E-state index is 9.33. The van der Waals surface area contributed by atoms with Gasteiger partial charge in [-0.05, 0) is 36.5 Å². The minimum absolute atomic E-state index is 0.236. The summed E-state index contributed by atoms with van der Waals surface area (Å²) in [6.45, 7) is 6.16. The Morgan fingerprint density at radius 3 is 2.35 bits per heavy atom. The lowest BCUT2D eigenvalue weighted by molar-refractivity contribution is 0.0294. The smallest absolute Gasteiger partial charge is 0.118 e. The van der Waals surface area contributed by atoms with Gasteiger partial charge in [-0.3, -0.25) is 10.4 Å². The second-order valence-electron chi connectivity index (χ2n) is 4.89. The third kappa shape index (κ3) is 2.53. The van der Waals surface area contributed by atoms with Gasteiger partial charge in [0.1, 0.15) is 5.69 Å². The quantitative estimate of drug-likeness (QED) is 0.792. The standard InChI is InChI=1S/C13H20N2O2/c1-10(2)11-5-6-12(13(9-11)15(16)17)14-7-3-4-8-14/h5-6,9-10,16-17H,3-4,7-8H2,1-2H3. The van der Waals surface area contributed by atoms with Gasteiger partial charge in [-0.25, -0.2) is 0 Å². The number of rotatable bonds is 3. The van der Waals surface area contributed by atoms with Crippen LogP contribution in [0.15, 0.2) is 18.2 Å². The summed E-state index contributed by atoms with van der Waals surface area (Å²) in [5.41, 5.74) is 2.48. The van der Waals surface area contributed by atoms with Gasteiger partial charge >= 0.3 is 0 Å². The van der Waals surface area contributed by atoms with E-state index in [0.717, 1.165) is 24.3 Å². The summed E-state index contributed by atoms with van der Waals surface area (Å²) in [6, 6.07) is 5.89. The minimum Gasteiger partial charge on any atom is -0.370 e. The molecule has 0 bridgehead atoms. The van der Waals surface area contributed by atoms with Crippen molar-refractivity contribution in [1.82, 2.24) is 0 Å². The van der Waals surface area contributed by atoms with Gasteiger partial charge in [0.05, 0.1) is 5.69 Å². The van der Waals surface area contributed by atoms with Crippen molar-refractivity contribution in [2.75, 3.05) is 23.2 Å². The van der Waals surface area contributed by atoms with Crippen LogP contribution in [0.3, 0.4) is 0 Å². The van der Waals surface area contributed by atoms with Crippen molar-refractivity contribution in [3.8, 4) is 0 Å². The van der Waals surface area contributed by atoms with Gasteiger partial charge in [0.25, 0.3) is 0 Å². The highest BCUT2D eigenvalue weighted by Gasteiger charge is 2.18. The molecule has 0 radical (unpaired) electrons. The molecule has 4 nitrogen and oxygen atoms in total. The van der Waals surface area contributed by atoms with Crippen LogP contribution in [0.5, 0.6) is 0 Å². The Bertz CT molecular complexity index is 385. The highest BCUT2D eigenvalue weighted by Crippen LogP contribution is 2.33. The molecular formula is C13H20N2O2. The van der Waals surface area contributed by atoms with Gasteiger partial charge in [-0.15, -0.1) is 5.23 Å². The molecular weight excluding hydrogens is 216 g/mol. The zero-order valence-electron chi connectivity index (χ0n) is 10.4. The van der Waals surface area contributed by atoms with Crippen LogP contribution < -0.4 is 10.1 Å². The average Bonchev–Trinajstić information content (AvgIpc) is 2.81. The van der Waals surface area contributed by atoms with E-state index in [9.17, 15) is 10.4 Å². The molecule has 1 heterocycles. The van der Waals surface area contributed by atoms with Gasteiger partial charge in [-0.1, -0.05) is 19.9 Å². The zero-order chi connectivity index (χ0) is 12.4. The molecule has 94 valence electrons. The molecule has 4 heteroatoms. The summed E-state index contributed by atoms with van der Waals surface area (Å²) in [7, 11) is 0. The number of hydrogen-bond acceptors (Lipinski definition) is 4. The fourth-order valence-electron chi connectivity index (χ4n) is 2.29. The van der Waals surface area contributed by atoms with Crippen LogP contribution in [0.4, 0.5) is 11.4 Å². The molecule has 0 saturated carbocycles. The summed E-state index contributed by atoms with van der Waals surface area (Å²) in [6.07, 6.45) is 2.34. The monoisotopic (exact) mass is 236 g/mol. The lowest BCUT2D eigenvalue weighted by atomic mass is 10.0. The van der Waals surface area contributed by atoms with Crippen LogP contribution in [0.2, 0.25) is 0 Å². The fourth-order valence-corrected chi connectivity index (χ4v) is 2.29. The Balaban J connectivity index is 2.37. The van der Waals surface area contributed by atoms with Crippen LogP contribution in [0.25, 0.3) is 0 Å². The number of benzene rings is 1. The van der Waals surface area contributed by atoms with E-state index in [-0.39, 0.29) is 5.23 Å². The van der Waals surface area contributed by atoms with Crippen molar-refractivity contribution in [3.05, 3.63) is 23.8 Å². The SMILES string of the molecule is CC(C)c1ccc(N2CCCC2)c(N(O)O)c1. The molecule has 1 aromatic rings. The Morgan fingerprint density at radius 2 is 1.82 bits per heavy atom. The van der Waals surface area contributed by atoms with E-state index in [1.807, 2.05) is 12.1 Å². The molecule has 0 aliphatic carbocycles. The number of anilines is 2. The van der Waals surface area contributed by atoms with Crippen LogP contribution in [0.1, 0.15) is 38.2 Å². The molecule has 0 unspecified atom stereocenters.